The molecule has 90 valence electrons. The van der Waals surface area contributed by atoms with Gasteiger partial charge in [-0.05, 0) is 42.7 Å². The van der Waals surface area contributed by atoms with E-state index in [2.05, 4.69) is 6.07 Å². The maximum atomic E-state index is 11.0. The van der Waals surface area contributed by atoms with E-state index >= 15 is 0 Å². The van der Waals surface area contributed by atoms with Gasteiger partial charge in [-0.25, -0.2) is 4.79 Å². The molecule has 2 aliphatic rings. The second-order valence-electron chi connectivity index (χ2n) is 5.26. The second kappa shape index (κ2) is 3.57. The van der Waals surface area contributed by atoms with E-state index < -0.39 is 17.5 Å². The van der Waals surface area contributed by atoms with Crippen molar-refractivity contribution in [2.75, 3.05) is 0 Å². The number of carbonyl (C=O) groups is 1. The van der Waals surface area contributed by atoms with Crippen molar-refractivity contribution in [3.05, 3.63) is 35.4 Å². The van der Waals surface area contributed by atoms with E-state index in [4.69, 9.17) is 5.11 Å². The first kappa shape index (κ1) is 10.8. The first-order chi connectivity index (χ1) is 8.15. The minimum atomic E-state index is -1.26. The Morgan fingerprint density at radius 3 is 2.47 bits per heavy atom. The molecule has 2 aliphatic carbocycles. The van der Waals surface area contributed by atoms with E-state index in [9.17, 15) is 9.90 Å². The molecule has 17 heavy (non-hydrogen) atoms. The average Bonchev–Trinajstić information content (AvgIpc) is 3.20. The summed E-state index contributed by atoms with van der Waals surface area (Å²) >= 11 is 0. The van der Waals surface area contributed by atoms with Gasteiger partial charge < -0.3 is 10.2 Å². The third-order valence-corrected chi connectivity index (χ3v) is 4.06. The third kappa shape index (κ3) is 1.65. The Hall–Kier alpha value is -1.35. The Morgan fingerprint density at radius 1 is 1.29 bits per heavy atom. The van der Waals surface area contributed by atoms with Crippen molar-refractivity contribution in [3.63, 3.8) is 0 Å². The van der Waals surface area contributed by atoms with Gasteiger partial charge in [0.05, 0.1) is 0 Å². The number of benzene rings is 1. The molecule has 2 fully saturated rings. The minimum Gasteiger partial charge on any atom is -0.479 e. The summed E-state index contributed by atoms with van der Waals surface area (Å²) in [6.07, 6.45) is 2.68. The van der Waals surface area contributed by atoms with Crippen LogP contribution in [0.4, 0.5) is 0 Å². The Kier molecular flexibility index (Phi) is 2.26. The van der Waals surface area contributed by atoms with Crippen molar-refractivity contribution in [1.82, 2.24) is 0 Å². The van der Waals surface area contributed by atoms with Crippen LogP contribution < -0.4 is 0 Å². The van der Waals surface area contributed by atoms with Gasteiger partial charge in [-0.15, -0.1) is 0 Å². The van der Waals surface area contributed by atoms with Crippen molar-refractivity contribution >= 4 is 5.97 Å². The van der Waals surface area contributed by atoms with E-state index in [1.54, 1.807) is 0 Å². The molecular weight excluding hydrogens is 216 g/mol. The summed E-state index contributed by atoms with van der Waals surface area (Å²) in [6.45, 7) is 0. The van der Waals surface area contributed by atoms with Crippen molar-refractivity contribution in [1.29, 1.82) is 0 Å². The average molecular weight is 232 g/mol. The lowest BCUT2D eigenvalue weighted by molar-refractivity contribution is -0.148. The Balaban J connectivity index is 2.01. The Morgan fingerprint density at radius 2 is 1.94 bits per heavy atom. The van der Waals surface area contributed by atoms with E-state index in [-0.39, 0.29) is 0 Å². The number of aliphatic hydroxyl groups excluding tert-OH is 1. The molecule has 0 heterocycles. The van der Waals surface area contributed by atoms with Crippen LogP contribution in [0.5, 0.6) is 0 Å². The first-order valence-corrected chi connectivity index (χ1v) is 6.15. The zero-order chi connectivity index (χ0) is 12.0. The van der Waals surface area contributed by atoms with Crippen LogP contribution in [-0.4, -0.2) is 22.3 Å². The first-order valence-electron chi connectivity index (χ1n) is 6.15. The van der Waals surface area contributed by atoms with Crippen molar-refractivity contribution in [2.24, 2.45) is 0 Å². The SMILES string of the molecule is O=C(O)C(O)C1(c2ccccc2C2CC2)CC1. The zero-order valence-corrected chi connectivity index (χ0v) is 9.60. The van der Waals surface area contributed by atoms with Gasteiger partial charge in [0.25, 0.3) is 0 Å². The number of carboxylic acid groups (broad SMARTS) is 1. The standard InChI is InChI=1S/C14H16O3/c15-12(13(16)17)14(7-8-14)11-4-2-1-3-10(11)9-5-6-9/h1-4,9,12,15H,5-8H2,(H,16,17). The lowest BCUT2D eigenvalue weighted by Crippen LogP contribution is -2.34. The summed E-state index contributed by atoms with van der Waals surface area (Å²) in [5.74, 6) is -0.516. The van der Waals surface area contributed by atoms with Crippen LogP contribution in [0, 0.1) is 0 Å². The van der Waals surface area contributed by atoms with Gasteiger partial charge in [0, 0.05) is 5.41 Å². The molecule has 0 radical (unpaired) electrons. The second-order valence-corrected chi connectivity index (χ2v) is 5.26. The molecule has 3 nitrogen and oxygen atoms in total. The molecule has 1 aromatic rings. The van der Waals surface area contributed by atoms with Gasteiger partial charge in [-0.1, -0.05) is 24.3 Å². The van der Waals surface area contributed by atoms with Crippen LogP contribution in [0.3, 0.4) is 0 Å². The molecule has 1 aromatic carbocycles. The van der Waals surface area contributed by atoms with Gasteiger partial charge in [0.15, 0.2) is 6.10 Å². The summed E-state index contributed by atoms with van der Waals surface area (Å²) in [5.41, 5.74) is 1.81. The van der Waals surface area contributed by atoms with Gasteiger partial charge in [-0.2, -0.15) is 0 Å². The van der Waals surface area contributed by atoms with Crippen molar-refractivity contribution in [3.8, 4) is 0 Å². The number of aliphatic hydroxyl groups is 1. The highest BCUT2D eigenvalue weighted by molar-refractivity contribution is 5.76. The predicted octanol–water partition coefficient (Wildman–Crippen LogP) is 2.04. The highest BCUT2D eigenvalue weighted by atomic mass is 16.4. The van der Waals surface area contributed by atoms with E-state index in [0.29, 0.717) is 5.92 Å². The molecule has 1 unspecified atom stereocenters. The van der Waals surface area contributed by atoms with Gasteiger partial charge in [-0.3, -0.25) is 0 Å². The largest absolute Gasteiger partial charge is 0.479 e. The quantitative estimate of drug-likeness (QED) is 0.835. The molecular formula is C14H16O3. The molecule has 0 saturated heterocycles. The van der Waals surface area contributed by atoms with Crippen LogP contribution in [0.15, 0.2) is 24.3 Å². The Labute approximate surface area is 100 Å². The number of aliphatic carboxylic acids is 1. The fourth-order valence-electron chi connectivity index (χ4n) is 2.76. The smallest absolute Gasteiger partial charge is 0.333 e. The highest BCUT2D eigenvalue weighted by Gasteiger charge is 2.55. The van der Waals surface area contributed by atoms with Crippen LogP contribution in [0.25, 0.3) is 0 Å². The van der Waals surface area contributed by atoms with Gasteiger partial charge >= 0.3 is 5.97 Å². The highest BCUT2D eigenvalue weighted by Crippen LogP contribution is 2.55. The fourth-order valence-corrected chi connectivity index (χ4v) is 2.76. The predicted molar refractivity (Wildman–Crippen MR) is 63.0 cm³/mol. The summed E-state index contributed by atoms with van der Waals surface area (Å²) in [7, 11) is 0. The normalized spacial score (nSPS) is 23.1. The maximum absolute atomic E-state index is 11.0. The van der Waals surface area contributed by atoms with Crippen LogP contribution in [-0.2, 0) is 10.2 Å². The number of rotatable bonds is 4. The maximum Gasteiger partial charge on any atom is 0.333 e. The monoisotopic (exact) mass is 232 g/mol. The summed E-state index contributed by atoms with van der Waals surface area (Å²) < 4.78 is 0. The Bertz CT molecular complexity index is 458. The van der Waals surface area contributed by atoms with Crippen molar-refractivity contribution < 1.29 is 15.0 Å². The minimum absolute atomic E-state index is 0.509. The molecule has 3 heteroatoms. The van der Waals surface area contributed by atoms with Gasteiger partial charge in [0.1, 0.15) is 0 Å². The zero-order valence-electron chi connectivity index (χ0n) is 9.60. The third-order valence-electron chi connectivity index (χ3n) is 4.06. The summed E-state index contributed by atoms with van der Waals surface area (Å²) in [4.78, 5) is 11.0. The molecule has 0 bridgehead atoms. The number of carboxylic acids is 1. The summed E-state index contributed by atoms with van der Waals surface area (Å²) in [6, 6.07) is 8.02. The molecule has 1 atom stereocenters. The fraction of sp³-hybridized carbons (Fsp3) is 0.500. The molecule has 2 N–H and O–H groups in total. The molecule has 0 spiro atoms. The lowest BCUT2D eigenvalue weighted by atomic mass is 9.85. The van der Waals surface area contributed by atoms with Crippen LogP contribution in [0.2, 0.25) is 0 Å². The lowest BCUT2D eigenvalue weighted by Gasteiger charge is -2.22. The van der Waals surface area contributed by atoms with Crippen molar-refractivity contribution in [2.45, 2.75) is 43.1 Å². The molecule has 3 rings (SSSR count). The number of hydrogen-bond acceptors (Lipinski definition) is 2. The van der Waals surface area contributed by atoms with E-state index in [1.165, 1.54) is 18.4 Å². The van der Waals surface area contributed by atoms with E-state index in [0.717, 1.165) is 18.4 Å². The molecule has 0 aromatic heterocycles. The van der Waals surface area contributed by atoms with E-state index in [1.807, 2.05) is 18.2 Å². The van der Waals surface area contributed by atoms with Crippen LogP contribution in [0.1, 0.15) is 42.7 Å². The topological polar surface area (TPSA) is 57.5 Å². The molecule has 0 aliphatic heterocycles. The van der Waals surface area contributed by atoms with Gasteiger partial charge in [0.2, 0.25) is 0 Å². The molecule has 0 amide bonds. The number of hydrogen-bond donors (Lipinski definition) is 2. The summed E-state index contributed by atoms with van der Waals surface area (Å²) in [5, 5.41) is 18.9. The molecule has 2 saturated carbocycles. The van der Waals surface area contributed by atoms with Crippen LogP contribution >= 0.6 is 0 Å².